The van der Waals surface area contributed by atoms with E-state index in [0.717, 1.165) is 5.69 Å². The summed E-state index contributed by atoms with van der Waals surface area (Å²) in [5.41, 5.74) is 13.4. The molecule has 1 aromatic carbocycles. The molecule has 0 amide bonds. The van der Waals surface area contributed by atoms with Crippen LogP contribution in [0.25, 0.3) is 0 Å². The molecule has 0 saturated heterocycles. The van der Waals surface area contributed by atoms with Crippen molar-refractivity contribution < 1.29 is 9.84 Å². The van der Waals surface area contributed by atoms with Gasteiger partial charge in [-0.15, -0.1) is 0 Å². The Bertz CT molecular complexity index is 331. The van der Waals surface area contributed by atoms with E-state index in [-0.39, 0.29) is 6.61 Å². The monoisotopic (exact) mass is 225 g/mol. The van der Waals surface area contributed by atoms with E-state index >= 15 is 0 Å². The van der Waals surface area contributed by atoms with Gasteiger partial charge in [0.1, 0.15) is 0 Å². The van der Waals surface area contributed by atoms with E-state index in [1.165, 1.54) is 0 Å². The highest BCUT2D eigenvalue weighted by molar-refractivity contribution is 5.69. The number of hydrogen-bond donors (Lipinski definition) is 3. The van der Waals surface area contributed by atoms with Gasteiger partial charge >= 0.3 is 0 Å². The third-order valence-corrected chi connectivity index (χ3v) is 2.37. The third kappa shape index (κ3) is 3.29. The lowest BCUT2D eigenvalue weighted by molar-refractivity contribution is 0.203. The number of nitrogen functional groups attached to an aromatic ring is 2. The largest absolute Gasteiger partial charge is 0.397 e. The Kier molecular flexibility index (Phi) is 4.88. The zero-order chi connectivity index (χ0) is 12.0. The van der Waals surface area contributed by atoms with Gasteiger partial charge < -0.3 is 26.2 Å². The number of methoxy groups -OCH3 is 1. The van der Waals surface area contributed by atoms with E-state index in [1.807, 2.05) is 11.0 Å². The fraction of sp³-hybridized carbons (Fsp3) is 0.455. The van der Waals surface area contributed by atoms with Gasteiger partial charge in [0.05, 0.1) is 24.6 Å². The van der Waals surface area contributed by atoms with Crippen molar-refractivity contribution in [2.24, 2.45) is 0 Å². The van der Waals surface area contributed by atoms with Crippen LogP contribution in [0.15, 0.2) is 18.2 Å². The van der Waals surface area contributed by atoms with Crippen LogP contribution < -0.4 is 16.4 Å². The molecule has 0 fully saturated rings. The van der Waals surface area contributed by atoms with Crippen LogP contribution in [0, 0.1) is 0 Å². The van der Waals surface area contributed by atoms with E-state index in [1.54, 1.807) is 19.2 Å². The molecule has 0 bridgehead atoms. The van der Waals surface area contributed by atoms with Gasteiger partial charge in [-0.3, -0.25) is 0 Å². The second kappa shape index (κ2) is 6.19. The Morgan fingerprint density at radius 2 is 2.00 bits per heavy atom. The van der Waals surface area contributed by atoms with Crippen LogP contribution >= 0.6 is 0 Å². The zero-order valence-corrected chi connectivity index (χ0v) is 9.52. The lowest BCUT2D eigenvalue weighted by Gasteiger charge is -2.24. The minimum atomic E-state index is 0.0913. The van der Waals surface area contributed by atoms with Crippen molar-refractivity contribution in [2.75, 3.05) is 49.8 Å². The Balaban J connectivity index is 2.78. The minimum Gasteiger partial charge on any atom is -0.397 e. The Morgan fingerprint density at radius 3 is 2.56 bits per heavy atom. The number of aliphatic hydroxyl groups is 1. The van der Waals surface area contributed by atoms with Gasteiger partial charge in [0, 0.05) is 25.9 Å². The van der Waals surface area contributed by atoms with Crippen molar-refractivity contribution in [3.63, 3.8) is 0 Å². The first-order valence-electron chi connectivity index (χ1n) is 5.18. The van der Waals surface area contributed by atoms with Gasteiger partial charge in [0.15, 0.2) is 0 Å². The number of nitrogens with two attached hydrogens (primary N) is 2. The van der Waals surface area contributed by atoms with E-state index in [0.29, 0.717) is 31.1 Å². The van der Waals surface area contributed by atoms with E-state index in [9.17, 15) is 0 Å². The highest BCUT2D eigenvalue weighted by atomic mass is 16.5. The average Bonchev–Trinajstić information content (AvgIpc) is 2.28. The molecular weight excluding hydrogens is 206 g/mol. The molecule has 1 aromatic rings. The maximum absolute atomic E-state index is 8.98. The van der Waals surface area contributed by atoms with Gasteiger partial charge in [-0.05, 0) is 18.2 Å². The molecule has 90 valence electrons. The van der Waals surface area contributed by atoms with Crippen molar-refractivity contribution in [2.45, 2.75) is 0 Å². The van der Waals surface area contributed by atoms with Gasteiger partial charge in [0.2, 0.25) is 0 Å². The van der Waals surface area contributed by atoms with Crippen molar-refractivity contribution >= 4 is 17.1 Å². The third-order valence-electron chi connectivity index (χ3n) is 2.37. The topological polar surface area (TPSA) is 84.7 Å². The van der Waals surface area contributed by atoms with E-state index < -0.39 is 0 Å². The van der Waals surface area contributed by atoms with Crippen LogP contribution in [-0.4, -0.2) is 38.5 Å². The number of nitrogens with zero attached hydrogens (tertiary/aromatic N) is 1. The molecule has 16 heavy (non-hydrogen) atoms. The Morgan fingerprint density at radius 1 is 1.25 bits per heavy atom. The van der Waals surface area contributed by atoms with E-state index in [4.69, 9.17) is 21.3 Å². The maximum Gasteiger partial charge on any atom is 0.0637 e. The second-order valence-corrected chi connectivity index (χ2v) is 3.52. The first-order valence-corrected chi connectivity index (χ1v) is 5.18. The SMILES string of the molecule is COCCN(CCO)c1ccc(N)c(N)c1. The molecule has 5 nitrogen and oxygen atoms in total. The van der Waals surface area contributed by atoms with Crippen molar-refractivity contribution in [1.29, 1.82) is 0 Å². The van der Waals surface area contributed by atoms with Crippen LogP contribution in [0.1, 0.15) is 0 Å². The standard InChI is InChI=1S/C11H19N3O2/c1-16-7-5-14(4-6-15)9-2-3-10(12)11(13)8-9/h2-3,8,15H,4-7,12-13H2,1H3. The van der Waals surface area contributed by atoms with Crippen LogP contribution in [-0.2, 0) is 4.74 Å². The zero-order valence-electron chi connectivity index (χ0n) is 9.52. The lowest BCUT2D eigenvalue weighted by Crippen LogP contribution is -2.30. The highest BCUT2D eigenvalue weighted by Gasteiger charge is 2.06. The molecular formula is C11H19N3O2. The molecule has 0 heterocycles. The normalized spacial score (nSPS) is 10.4. The molecule has 0 aliphatic rings. The second-order valence-electron chi connectivity index (χ2n) is 3.52. The predicted octanol–water partition coefficient (Wildman–Crippen LogP) is 0.296. The first-order chi connectivity index (χ1) is 7.69. The molecule has 0 aliphatic heterocycles. The van der Waals surface area contributed by atoms with Crippen molar-refractivity contribution in [1.82, 2.24) is 0 Å². The first kappa shape index (κ1) is 12.6. The predicted molar refractivity (Wildman–Crippen MR) is 66.4 cm³/mol. The number of ether oxygens (including phenoxy) is 1. The van der Waals surface area contributed by atoms with Gasteiger partial charge in [-0.25, -0.2) is 0 Å². The summed E-state index contributed by atoms with van der Waals surface area (Å²) in [6.07, 6.45) is 0. The van der Waals surface area contributed by atoms with Crippen LogP contribution in [0.4, 0.5) is 17.1 Å². The molecule has 5 heteroatoms. The van der Waals surface area contributed by atoms with Crippen molar-refractivity contribution in [3.05, 3.63) is 18.2 Å². The number of hydrogen-bond acceptors (Lipinski definition) is 5. The lowest BCUT2D eigenvalue weighted by atomic mass is 10.2. The number of rotatable bonds is 6. The summed E-state index contributed by atoms with van der Waals surface area (Å²) < 4.78 is 5.01. The molecule has 5 N–H and O–H groups in total. The maximum atomic E-state index is 8.98. The number of benzene rings is 1. The smallest absolute Gasteiger partial charge is 0.0637 e. The van der Waals surface area contributed by atoms with Gasteiger partial charge in [0.25, 0.3) is 0 Å². The van der Waals surface area contributed by atoms with Crippen LogP contribution in [0.2, 0.25) is 0 Å². The van der Waals surface area contributed by atoms with Gasteiger partial charge in [-0.1, -0.05) is 0 Å². The Labute approximate surface area is 95.6 Å². The molecule has 0 atom stereocenters. The summed E-state index contributed by atoms with van der Waals surface area (Å²) in [5, 5.41) is 8.98. The molecule has 0 spiro atoms. The average molecular weight is 225 g/mol. The molecule has 0 aliphatic carbocycles. The van der Waals surface area contributed by atoms with Gasteiger partial charge in [-0.2, -0.15) is 0 Å². The van der Waals surface area contributed by atoms with E-state index in [2.05, 4.69) is 0 Å². The quantitative estimate of drug-likeness (QED) is 0.606. The highest BCUT2D eigenvalue weighted by Crippen LogP contribution is 2.22. The molecule has 0 unspecified atom stereocenters. The van der Waals surface area contributed by atoms with Crippen LogP contribution in [0.5, 0.6) is 0 Å². The molecule has 0 aromatic heterocycles. The fourth-order valence-corrected chi connectivity index (χ4v) is 1.45. The summed E-state index contributed by atoms with van der Waals surface area (Å²) in [6.45, 7) is 1.95. The summed E-state index contributed by atoms with van der Waals surface area (Å²) in [5.74, 6) is 0. The molecule has 0 radical (unpaired) electrons. The minimum absolute atomic E-state index is 0.0913. The Hall–Kier alpha value is -1.46. The molecule has 1 rings (SSSR count). The van der Waals surface area contributed by atoms with Crippen LogP contribution in [0.3, 0.4) is 0 Å². The summed E-state index contributed by atoms with van der Waals surface area (Å²) >= 11 is 0. The van der Waals surface area contributed by atoms with Crippen molar-refractivity contribution in [3.8, 4) is 0 Å². The molecule has 0 saturated carbocycles. The fourth-order valence-electron chi connectivity index (χ4n) is 1.45. The number of aliphatic hydroxyl groups excluding tert-OH is 1. The summed E-state index contributed by atoms with van der Waals surface area (Å²) in [6, 6.07) is 5.46. The summed E-state index contributed by atoms with van der Waals surface area (Å²) in [4.78, 5) is 2.00. The number of anilines is 3. The summed E-state index contributed by atoms with van der Waals surface area (Å²) in [7, 11) is 1.65.